The van der Waals surface area contributed by atoms with Crippen molar-refractivity contribution >= 4 is 5.71 Å². The lowest BCUT2D eigenvalue weighted by molar-refractivity contribution is 0.101. The Morgan fingerprint density at radius 2 is 2.42 bits per heavy atom. The fourth-order valence-electron chi connectivity index (χ4n) is 1.29. The number of alkyl halides is 1. The van der Waals surface area contributed by atoms with Gasteiger partial charge in [0.15, 0.2) is 0 Å². The van der Waals surface area contributed by atoms with Gasteiger partial charge in [-0.05, 0) is 0 Å². The van der Waals surface area contributed by atoms with Crippen LogP contribution in [-0.4, -0.2) is 53.3 Å². The zero-order chi connectivity index (χ0) is 8.97. The van der Waals surface area contributed by atoms with Crippen LogP contribution in [0.2, 0.25) is 0 Å². The van der Waals surface area contributed by atoms with Gasteiger partial charge in [0.2, 0.25) is 0 Å². The number of hydrogen-bond donors (Lipinski definition) is 2. The highest BCUT2D eigenvalue weighted by Crippen LogP contribution is 2.06. The third-order valence-electron chi connectivity index (χ3n) is 1.91. The van der Waals surface area contributed by atoms with Crippen LogP contribution in [-0.2, 0) is 0 Å². The molecule has 0 saturated carbocycles. The third kappa shape index (κ3) is 2.42. The van der Waals surface area contributed by atoms with Crippen molar-refractivity contribution in [3.8, 4) is 0 Å². The Hall–Kier alpha value is -0.680. The summed E-state index contributed by atoms with van der Waals surface area (Å²) in [5, 5.41) is 20.4. The monoisotopic (exact) mass is 176 g/mol. The molecule has 1 aliphatic rings. The van der Waals surface area contributed by atoms with Crippen LogP contribution in [0.15, 0.2) is 5.16 Å². The number of hydrogen-bond acceptors (Lipinski definition) is 4. The van der Waals surface area contributed by atoms with Gasteiger partial charge in [-0.15, -0.1) is 0 Å². The van der Waals surface area contributed by atoms with Crippen LogP contribution in [0.1, 0.15) is 6.42 Å². The second kappa shape index (κ2) is 4.37. The Morgan fingerprint density at radius 1 is 1.67 bits per heavy atom. The molecule has 0 aliphatic carbocycles. The number of β-amino-alcohol motifs (C(OH)–C–C–N with tert-alkyl or cyclic N) is 1. The Labute approximate surface area is 70.3 Å². The summed E-state index contributed by atoms with van der Waals surface area (Å²) in [5.74, 6) is 0. The van der Waals surface area contributed by atoms with Crippen LogP contribution in [0.3, 0.4) is 0 Å². The summed E-state index contributed by atoms with van der Waals surface area (Å²) in [6.45, 7) is 0.863. The van der Waals surface area contributed by atoms with E-state index in [4.69, 9.17) is 10.3 Å². The smallest absolute Gasteiger partial charge is 0.117 e. The van der Waals surface area contributed by atoms with Gasteiger partial charge in [0.05, 0.1) is 11.8 Å². The SMILES string of the molecule is O/N=C1/CCN(CC(O)CF)C1. The summed E-state index contributed by atoms with van der Waals surface area (Å²) in [6, 6.07) is 0. The van der Waals surface area contributed by atoms with E-state index in [1.54, 1.807) is 0 Å². The lowest BCUT2D eigenvalue weighted by Gasteiger charge is -2.16. The topological polar surface area (TPSA) is 56.1 Å². The number of aliphatic hydroxyl groups is 1. The summed E-state index contributed by atoms with van der Waals surface area (Å²) >= 11 is 0. The summed E-state index contributed by atoms with van der Waals surface area (Å²) in [6.07, 6.45) is -0.210. The van der Waals surface area contributed by atoms with E-state index in [0.717, 1.165) is 6.54 Å². The van der Waals surface area contributed by atoms with Gasteiger partial charge < -0.3 is 10.3 Å². The lowest BCUT2D eigenvalue weighted by Crippen LogP contribution is -2.31. The van der Waals surface area contributed by atoms with Crippen molar-refractivity contribution in [2.45, 2.75) is 12.5 Å². The first kappa shape index (κ1) is 9.41. The van der Waals surface area contributed by atoms with Gasteiger partial charge in [-0.2, -0.15) is 0 Å². The maximum atomic E-state index is 11.9. The zero-order valence-electron chi connectivity index (χ0n) is 6.78. The van der Waals surface area contributed by atoms with Crippen molar-refractivity contribution < 1.29 is 14.7 Å². The van der Waals surface area contributed by atoms with Crippen LogP contribution in [0, 0.1) is 0 Å². The van der Waals surface area contributed by atoms with Gasteiger partial charge in [-0.3, -0.25) is 4.90 Å². The molecule has 0 amide bonds. The van der Waals surface area contributed by atoms with E-state index >= 15 is 0 Å². The van der Waals surface area contributed by atoms with E-state index < -0.39 is 12.8 Å². The highest BCUT2D eigenvalue weighted by atomic mass is 19.1. The summed E-state index contributed by atoms with van der Waals surface area (Å²) in [4.78, 5) is 1.86. The lowest BCUT2D eigenvalue weighted by atomic mass is 10.3. The van der Waals surface area contributed by atoms with E-state index in [0.29, 0.717) is 25.2 Å². The minimum Gasteiger partial charge on any atom is -0.411 e. The van der Waals surface area contributed by atoms with Gasteiger partial charge >= 0.3 is 0 Å². The van der Waals surface area contributed by atoms with Crippen LogP contribution >= 0.6 is 0 Å². The second-order valence-corrected chi connectivity index (χ2v) is 2.96. The second-order valence-electron chi connectivity index (χ2n) is 2.96. The molecule has 4 nitrogen and oxygen atoms in total. The molecule has 2 N–H and O–H groups in total. The number of halogens is 1. The Balaban J connectivity index is 2.28. The maximum Gasteiger partial charge on any atom is 0.117 e. The molecule has 1 saturated heterocycles. The van der Waals surface area contributed by atoms with Crippen molar-refractivity contribution in [2.24, 2.45) is 5.16 Å². The van der Waals surface area contributed by atoms with Gasteiger partial charge in [-0.1, -0.05) is 5.16 Å². The average Bonchev–Trinajstić information content (AvgIpc) is 2.52. The van der Waals surface area contributed by atoms with Gasteiger partial charge in [-0.25, -0.2) is 4.39 Å². The van der Waals surface area contributed by atoms with Crippen LogP contribution in [0.5, 0.6) is 0 Å². The average molecular weight is 176 g/mol. The first-order chi connectivity index (χ1) is 5.76. The highest BCUT2D eigenvalue weighted by Gasteiger charge is 2.20. The van der Waals surface area contributed by atoms with Crippen LogP contribution in [0.4, 0.5) is 4.39 Å². The molecule has 1 fully saturated rings. The molecule has 1 unspecified atom stereocenters. The molecule has 0 bridgehead atoms. The standard InChI is InChI=1S/C7H13FN2O2/c8-3-7(11)5-10-2-1-6(4-10)9-12/h7,11-12H,1-5H2/b9-6-. The van der Waals surface area contributed by atoms with Crippen LogP contribution < -0.4 is 0 Å². The van der Waals surface area contributed by atoms with Gasteiger partial charge in [0, 0.05) is 26.1 Å². The quantitative estimate of drug-likeness (QED) is 0.464. The minimum atomic E-state index is -0.914. The molecule has 1 rings (SSSR count). The Kier molecular flexibility index (Phi) is 3.43. The molecule has 12 heavy (non-hydrogen) atoms. The number of rotatable bonds is 3. The fraction of sp³-hybridized carbons (Fsp3) is 0.857. The molecule has 0 aromatic carbocycles. The number of oxime groups is 1. The van der Waals surface area contributed by atoms with Gasteiger partial charge in [0.1, 0.15) is 6.67 Å². The predicted octanol–water partition coefficient (Wildman–Crippen LogP) is -0.147. The Morgan fingerprint density at radius 3 is 2.92 bits per heavy atom. The largest absolute Gasteiger partial charge is 0.411 e. The molecular formula is C7H13FN2O2. The van der Waals surface area contributed by atoms with E-state index in [1.165, 1.54) is 0 Å². The number of aliphatic hydroxyl groups excluding tert-OH is 1. The third-order valence-corrected chi connectivity index (χ3v) is 1.91. The normalized spacial score (nSPS) is 25.0. The summed E-state index contributed by atoms with van der Waals surface area (Å²) in [5.41, 5.74) is 0.695. The van der Waals surface area contributed by atoms with E-state index in [-0.39, 0.29) is 0 Å². The molecule has 1 aliphatic heterocycles. The molecular weight excluding hydrogens is 163 g/mol. The predicted molar refractivity (Wildman–Crippen MR) is 42.3 cm³/mol. The molecule has 5 heteroatoms. The van der Waals surface area contributed by atoms with E-state index in [1.807, 2.05) is 4.90 Å². The van der Waals surface area contributed by atoms with Crippen molar-refractivity contribution in [1.82, 2.24) is 4.90 Å². The molecule has 1 heterocycles. The zero-order valence-corrected chi connectivity index (χ0v) is 6.78. The number of nitrogens with zero attached hydrogens (tertiary/aromatic N) is 2. The first-order valence-corrected chi connectivity index (χ1v) is 3.92. The highest BCUT2D eigenvalue weighted by molar-refractivity contribution is 5.87. The maximum absolute atomic E-state index is 11.9. The first-order valence-electron chi connectivity index (χ1n) is 3.92. The minimum absolute atomic E-state index is 0.315. The molecule has 0 aromatic rings. The number of likely N-dealkylation sites (tertiary alicyclic amines) is 1. The van der Waals surface area contributed by atoms with Crippen molar-refractivity contribution in [1.29, 1.82) is 0 Å². The van der Waals surface area contributed by atoms with Crippen molar-refractivity contribution in [2.75, 3.05) is 26.3 Å². The van der Waals surface area contributed by atoms with Gasteiger partial charge in [0.25, 0.3) is 0 Å². The molecule has 0 aromatic heterocycles. The van der Waals surface area contributed by atoms with E-state index in [9.17, 15) is 4.39 Å². The fourth-order valence-corrected chi connectivity index (χ4v) is 1.29. The van der Waals surface area contributed by atoms with Crippen LogP contribution in [0.25, 0.3) is 0 Å². The van der Waals surface area contributed by atoms with E-state index in [2.05, 4.69) is 5.16 Å². The Bertz CT molecular complexity index is 175. The van der Waals surface area contributed by atoms with Crippen molar-refractivity contribution in [3.05, 3.63) is 0 Å². The summed E-state index contributed by atoms with van der Waals surface area (Å²) < 4.78 is 11.9. The van der Waals surface area contributed by atoms with Crippen molar-refractivity contribution in [3.63, 3.8) is 0 Å². The summed E-state index contributed by atoms with van der Waals surface area (Å²) in [7, 11) is 0. The molecule has 0 spiro atoms. The molecule has 1 atom stereocenters. The molecule has 70 valence electrons. The molecule has 0 radical (unpaired) electrons.